The third kappa shape index (κ3) is 3.67. The van der Waals surface area contributed by atoms with Gasteiger partial charge in [0, 0.05) is 24.7 Å². The van der Waals surface area contributed by atoms with Gasteiger partial charge < -0.3 is 5.32 Å². The Hall–Kier alpha value is -0.430. The molecule has 0 radical (unpaired) electrons. The quantitative estimate of drug-likeness (QED) is 0.871. The van der Waals surface area contributed by atoms with Crippen LogP contribution in [0.3, 0.4) is 0 Å². The molecule has 1 aliphatic heterocycles. The minimum atomic E-state index is -3.34. The first-order chi connectivity index (χ1) is 9.86. The van der Waals surface area contributed by atoms with Crippen LogP contribution in [-0.2, 0) is 16.6 Å². The molecule has 120 valence electrons. The number of nitrogens with one attached hydrogen (secondary N) is 1. The third-order valence-corrected chi connectivity index (χ3v) is 7.59. The molecule has 0 bridgehead atoms. The first-order valence-electron chi connectivity index (χ1n) is 7.70. The van der Waals surface area contributed by atoms with Crippen molar-refractivity contribution in [1.29, 1.82) is 0 Å². The van der Waals surface area contributed by atoms with Gasteiger partial charge >= 0.3 is 0 Å². The molecule has 1 saturated heterocycles. The standard InChI is InChI=1S/C15H26N2O2S2/c1-5-14-7-6-12(4)17(14)21(18,19)15-8-13(10-20-15)9-16-11(2)3/h8,10-12,14,16H,5-7,9H2,1-4H3. The van der Waals surface area contributed by atoms with Gasteiger partial charge in [-0.3, -0.25) is 0 Å². The Labute approximate surface area is 132 Å². The van der Waals surface area contributed by atoms with Crippen molar-refractivity contribution in [2.45, 2.75) is 75.8 Å². The van der Waals surface area contributed by atoms with E-state index in [1.165, 1.54) is 11.3 Å². The fraction of sp³-hybridized carbons (Fsp3) is 0.733. The maximum atomic E-state index is 12.9. The van der Waals surface area contributed by atoms with Crippen LogP contribution in [0.4, 0.5) is 0 Å². The molecule has 2 atom stereocenters. The average molecular weight is 331 g/mol. The number of nitrogens with zero attached hydrogens (tertiary/aromatic N) is 1. The minimum absolute atomic E-state index is 0.110. The molecule has 2 unspecified atom stereocenters. The van der Waals surface area contributed by atoms with E-state index in [0.717, 1.165) is 31.4 Å². The summed E-state index contributed by atoms with van der Waals surface area (Å²) < 4.78 is 28.0. The Bertz CT molecular complexity index is 566. The van der Waals surface area contributed by atoms with E-state index in [2.05, 4.69) is 26.1 Å². The fourth-order valence-electron chi connectivity index (χ4n) is 2.87. The van der Waals surface area contributed by atoms with Crippen molar-refractivity contribution >= 4 is 21.4 Å². The second-order valence-electron chi connectivity index (χ2n) is 6.13. The number of hydrogen-bond donors (Lipinski definition) is 1. The maximum absolute atomic E-state index is 12.9. The molecule has 1 aromatic heterocycles. The van der Waals surface area contributed by atoms with E-state index < -0.39 is 10.0 Å². The summed E-state index contributed by atoms with van der Waals surface area (Å²) >= 11 is 1.34. The van der Waals surface area contributed by atoms with E-state index in [1.807, 2.05) is 18.4 Å². The van der Waals surface area contributed by atoms with Gasteiger partial charge in [-0.05, 0) is 43.2 Å². The molecule has 1 aromatic rings. The Kier molecular flexibility index (Phi) is 5.46. The lowest BCUT2D eigenvalue weighted by Crippen LogP contribution is -2.39. The lowest BCUT2D eigenvalue weighted by molar-refractivity contribution is 0.329. The van der Waals surface area contributed by atoms with Gasteiger partial charge in [-0.15, -0.1) is 11.3 Å². The minimum Gasteiger partial charge on any atom is -0.310 e. The molecular formula is C15H26N2O2S2. The van der Waals surface area contributed by atoms with Crippen molar-refractivity contribution < 1.29 is 8.42 Å². The molecule has 0 amide bonds. The van der Waals surface area contributed by atoms with Crippen LogP contribution in [0.2, 0.25) is 0 Å². The summed E-state index contributed by atoms with van der Waals surface area (Å²) in [5.41, 5.74) is 1.05. The monoisotopic (exact) mass is 330 g/mol. The molecule has 0 aliphatic carbocycles. The molecule has 2 heterocycles. The van der Waals surface area contributed by atoms with Gasteiger partial charge in [-0.2, -0.15) is 4.31 Å². The highest BCUT2D eigenvalue weighted by Crippen LogP contribution is 2.34. The zero-order chi connectivity index (χ0) is 15.6. The van der Waals surface area contributed by atoms with Gasteiger partial charge in [0.1, 0.15) is 4.21 Å². The van der Waals surface area contributed by atoms with Crippen LogP contribution in [0.5, 0.6) is 0 Å². The van der Waals surface area contributed by atoms with Crippen LogP contribution >= 0.6 is 11.3 Å². The summed E-state index contributed by atoms with van der Waals surface area (Å²) in [6.07, 6.45) is 2.83. The third-order valence-electron chi connectivity index (χ3n) is 4.06. The summed E-state index contributed by atoms with van der Waals surface area (Å²) in [5, 5.41) is 5.27. The van der Waals surface area contributed by atoms with Crippen LogP contribution < -0.4 is 5.32 Å². The number of sulfonamides is 1. The number of thiophene rings is 1. The normalized spacial score (nSPS) is 24.0. The van der Waals surface area contributed by atoms with Gasteiger partial charge in [0.05, 0.1) is 0 Å². The molecule has 0 aromatic carbocycles. The summed E-state index contributed by atoms with van der Waals surface area (Å²) in [6, 6.07) is 2.49. The Morgan fingerprint density at radius 3 is 2.76 bits per heavy atom. The van der Waals surface area contributed by atoms with E-state index in [-0.39, 0.29) is 12.1 Å². The average Bonchev–Trinajstić information content (AvgIpc) is 3.03. The molecule has 1 aliphatic rings. The summed E-state index contributed by atoms with van der Waals surface area (Å²) in [6.45, 7) is 8.97. The van der Waals surface area contributed by atoms with E-state index in [9.17, 15) is 8.42 Å². The second kappa shape index (κ2) is 6.77. The zero-order valence-corrected chi connectivity index (χ0v) is 14.9. The highest BCUT2D eigenvalue weighted by atomic mass is 32.2. The summed E-state index contributed by atoms with van der Waals surface area (Å²) in [7, 11) is -3.34. The van der Waals surface area contributed by atoms with Crippen LogP contribution in [0.1, 0.15) is 52.5 Å². The van der Waals surface area contributed by atoms with E-state index in [0.29, 0.717) is 10.3 Å². The van der Waals surface area contributed by atoms with E-state index in [4.69, 9.17) is 0 Å². The van der Waals surface area contributed by atoms with Crippen molar-refractivity contribution in [3.63, 3.8) is 0 Å². The van der Waals surface area contributed by atoms with Crippen LogP contribution in [-0.4, -0.2) is 30.8 Å². The molecule has 21 heavy (non-hydrogen) atoms. The zero-order valence-electron chi connectivity index (χ0n) is 13.3. The van der Waals surface area contributed by atoms with Crippen LogP contribution in [0, 0.1) is 0 Å². The van der Waals surface area contributed by atoms with E-state index >= 15 is 0 Å². The predicted molar refractivity (Wildman–Crippen MR) is 88.1 cm³/mol. The van der Waals surface area contributed by atoms with Gasteiger partial charge in [-0.1, -0.05) is 20.8 Å². The molecule has 2 rings (SSSR count). The predicted octanol–water partition coefficient (Wildman–Crippen LogP) is 3.20. The maximum Gasteiger partial charge on any atom is 0.253 e. The highest BCUT2D eigenvalue weighted by Gasteiger charge is 2.39. The first kappa shape index (κ1) is 16.9. The topological polar surface area (TPSA) is 49.4 Å². The number of rotatable bonds is 6. The summed E-state index contributed by atoms with van der Waals surface area (Å²) in [4.78, 5) is 0. The molecule has 4 nitrogen and oxygen atoms in total. The molecule has 6 heteroatoms. The Balaban J connectivity index is 2.19. The lowest BCUT2D eigenvalue weighted by Gasteiger charge is -2.26. The van der Waals surface area contributed by atoms with Crippen LogP contribution in [0.15, 0.2) is 15.7 Å². The van der Waals surface area contributed by atoms with Crippen molar-refractivity contribution in [3.8, 4) is 0 Å². The fourth-order valence-corrected chi connectivity index (χ4v) is 6.13. The molecule has 0 saturated carbocycles. The van der Waals surface area contributed by atoms with Gasteiger partial charge in [0.15, 0.2) is 0 Å². The summed E-state index contributed by atoms with van der Waals surface area (Å²) in [5.74, 6) is 0. The smallest absolute Gasteiger partial charge is 0.253 e. The largest absolute Gasteiger partial charge is 0.310 e. The molecular weight excluding hydrogens is 304 g/mol. The van der Waals surface area contributed by atoms with Crippen molar-refractivity contribution in [3.05, 3.63) is 17.0 Å². The van der Waals surface area contributed by atoms with Crippen LogP contribution in [0.25, 0.3) is 0 Å². The van der Waals surface area contributed by atoms with Gasteiger partial charge in [0.2, 0.25) is 0 Å². The second-order valence-corrected chi connectivity index (χ2v) is 9.11. The SMILES string of the molecule is CCC1CCC(C)N1S(=O)(=O)c1cc(CNC(C)C)cs1. The van der Waals surface area contributed by atoms with E-state index in [1.54, 1.807) is 4.31 Å². The molecule has 0 spiro atoms. The highest BCUT2D eigenvalue weighted by molar-refractivity contribution is 7.91. The van der Waals surface area contributed by atoms with Crippen molar-refractivity contribution in [2.75, 3.05) is 0 Å². The van der Waals surface area contributed by atoms with Gasteiger partial charge in [0.25, 0.3) is 10.0 Å². The number of hydrogen-bond acceptors (Lipinski definition) is 4. The van der Waals surface area contributed by atoms with Crippen molar-refractivity contribution in [1.82, 2.24) is 9.62 Å². The lowest BCUT2D eigenvalue weighted by atomic mass is 10.2. The Morgan fingerprint density at radius 2 is 2.14 bits per heavy atom. The molecule has 1 fully saturated rings. The van der Waals surface area contributed by atoms with Gasteiger partial charge in [-0.25, -0.2) is 8.42 Å². The Morgan fingerprint density at radius 1 is 1.43 bits per heavy atom. The van der Waals surface area contributed by atoms with Crippen molar-refractivity contribution in [2.24, 2.45) is 0 Å². The molecule has 1 N–H and O–H groups in total. The first-order valence-corrected chi connectivity index (χ1v) is 10.0.